The number of esters is 1. The van der Waals surface area contributed by atoms with Crippen molar-refractivity contribution in [2.75, 3.05) is 0 Å². The number of fused-ring (bicyclic) bond motifs is 1. The van der Waals surface area contributed by atoms with Crippen LogP contribution in [0.3, 0.4) is 0 Å². The van der Waals surface area contributed by atoms with Crippen molar-refractivity contribution < 1.29 is 14.3 Å². The van der Waals surface area contributed by atoms with Gasteiger partial charge in [-0.15, -0.1) is 0 Å². The smallest absolute Gasteiger partial charge is 0.344 e. The number of hydrogen-bond donors (Lipinski definition) is 0. The number of aromatic nitrogens is 1. The van der Waals surface area contributed by atoms with E-state index in [-0.39, 0.29) is 5.78 Å². The summed E-state index contributed by atoms with van der Waals surface area (Å²) in [7, 11) is 0. The highest BCUT2D eigenvalue weighted by atomic mass is 35.5. The van der Waals surface area contributed by atoms with Crippen molar-refractivity contribution in [3.05, 3.63) is 95.0 Å². The normalized spacial score (nSPS) is 10.7. The summed E-state index contributed by atoms with van der Waals surface area (Å²) in [5.74, 6) is -0.168. The maximum Gasteiger partial charge on any atom is 0.344 e. The van der Waals surface area contributed by atoms with Crippen LogP contribution in [-0.4, -0.2) is 16.7 Å². The van der Waals surface area contributed by atoms with Crippen LogP contribution in [0.2, 0.25) is 5.02 Å². The minimum absolute atomic E-state index is 0.0457. The predicted octanol–water partition coefficient (Wildman–Crippen LogP) is 5.98. The van der Waals surface area contributed by atoms with Crippen LogP contribution in [-0.2, 0) is 0 Å². The van der Waals surface area contributed by atoms with Gasteiger partial charge in [-0.3, -0.25) is 4.79 Å². The monoisotopic (exact) mass is 401 g/mol. The Balaban J connectivity index is 1.74. The predicted molar refractivity (Wildman–Crippen MR) is 114 cm³/mol. The SMILES string of the molecule is CC(=O)c1ccc(OC(=O)c2cc(-c3ccc(Cl)cc3)nc3ccccc23)cc1. The van der Waals surface area contributed by atoms with E-state index in [1.807, 2.05) is 36.4 Å². The average Bonchev–Trinajstić information content (AvgIpc) is 2.74. The maximum atomic E-state index is 12.9. The Labute approximate surface area is 172 Å². The second-order valence-corrected chi connectivity index (χ2v) is 6.99. The van der Waals surface area contributed by atoms with Gasteiger partial charge in [0.1, 0.15) is 5.75 Å². The molecule has 0 spiro atoms. The molecule has 0 fully saturated rings. The highest BCUT2D eigenvalue weighted by molar-refractivity contribution is 6.30. The molecular formula is C24H16ClNO3. The number of pyridine rings is 1. The Morgan fingerprint density at radius 3 is 2.28 bits per heavy atom. The van der Waals surface area contributed by atoms with E-state index in [4.69, 9.17) is 16.3 Å². The molecule has 0 radical (unpaired) electrons. The minimum atomic E-state index is -0.491. The number of nitrogens with zero attached hydrogens (tertiary/aromatic N) is 1. The van der Waals surface area contributed by atoms with Crippen LogP contribution >= 0.6 is 11.6 Å². The zero-order valence-electron chi connectivity index (χ0n) is 15.6. The standard InChI is InChI=1S/C24H16ClNO3/c1-15(27)16-8-12-19(13-9-16)29-24(28)21-14-23(17-6-10-18(25)11-7-17)26-22-5-3-2-4-20(21)22/h2-14H,1H3. The molecule has 0 bridgehead atoms. The lowest BCUT2D eigenvalue weighted by Gasteiger charge is -2.10. The van der Waals surface area contributed by atoms with E-state index in [1.54, 1.807) is 42.5 Å². The van der Waals surface area contributed by atoms with Gasteiger partial charge in [-0.1, -0.05) is 41.9 Å². The van der Waals surface area contributed by atoms with Crippen LogP contribution in [0, 0.1) is 0 Å². The zero-order chi connectivity index (χ0) is 20.4. The molecule has 29 heavy (non-hydrogen) atoms. The highest BCUT2D eigenvalue weighted by Gasteiger charge is 2.16. The fourth-order valence-corrected chi connectivity index (χ4v) is 3.16. The first-order valence-electron chi connectivity index (χ1n) is 9.00. The van der Waals surface area contributed by atoms with Gasteiger partial charge in [0.05, 0.1) is 16.8 Å². The van der Waals surface area contributed by atoms with Crippen molar-refractivity contribution in [1.82, 2.24) is 4.98 Å². The largest absolute Gasteiger partial charge is 0.423 e. The molecule has 0 saturated carbocycles. The average molecular weight is 402 g/mol. The summed E-state index contributed by atoms with van der Waals surface area (Å²) < 4.78 is 5.55. The van der Waals surface area contributed by atoms with E-state index in [0.29, 0.717) is 38.5 Å². The van der Waals surface area contributed by atoms with Gasteiger partial charge in [-0.2, -0.15) is 0 Å². The van der Waals surface area contributed by atoms with E-state index in [0.717, 1.165) is 5.56 Å². The Bertz CT molecular complexity index is 1220. The van der Waals surface area contributed by atoms with Crippen LogP contribution in [0.5, 0.6) is 5.75 Å². The molecule has 1 heterocycles. The summed E-state index contributed by atoms with van der Waals surface area (Å²) in [5, 5.41) is 1.33. The number of hydrogen-bond acceptors (Lipinski definition) is 4. The van der Waals surface area contributed by atoms with Gasteiger partial charge in [0.25, 0.3) is 0 Å². The van der Waals surface area contributed by atoms with Gasteiger partial charge in [-0.05, 0) is 55.5 Å². The molecular weight excluding hydrogens is 386 g/mol. The summed E-state index contributed by atoms with van der Waals surface area (Å²) in [6.45, 7) is 1.49. The van der Waals surface area contributed by atoms with Gasteiger partial charge < -0.3 is 4.74 Å². The Morgan fingerprint density at radius 1 is 0.897 bits per heavy atom. The van der Waals surface area contributed by atoms with Crippen molar-refractivity contribution in [2.24, 2.45) is 0 Å². The van der Waals surface area contributed by atoms with Crippen molar-refractivity contribution in [3.8, 4) is 17.0 Å². The third-order valence-electron chi connectivity index (χ3n) is 4.55. The van der Waals surface area contributed by atoms with E-state index >= 15 is 0 Å². The second-order valence-electron chi connectivity index (χ2n) is 6.55. The lowest BCUT2D eigenvalue weighted by Crippen LogP contribution is -2.10. The van der Waals surface area contributed by atoms with E-state index in [1.165, 1.54) is 6.92 Å². The molecule has 142 valence electrons. The fraction of sp³-hybridized carbons (Fsp3) is 0.0417. The van der Waals surface area contributed by atoms with Crippen LogP contribution in [0.4, 0.5) is 0 Å². The first-order valence-corrected chi connectivity index (χ1v) is 9.38. The lowest BCUT2D eigenvalue weighted by molar-refractivity contribution is 0.0736. The molecule has 0 aliphatic carbocycles. The number of carbonyl (C=O) groups excluding carboxylic acids is 2. The number of benzene rings is 3. The van der Waals surface area contributed by atoms with Crippen LogP contribution in [0.25, 0.3) is 22.2 Å². The van der Waals surface area contributed by atoms with Gasteiger partial charge in [0.15, 0.2) is 5.78 Å². The number of halogens is 1. The van der Waals surface area contributed by atoms with E-state index in [2.05, 4.69) is 4.98 Å². The van der Waals surface area contributed by atoms with Gasteiger partial charge in [0, 0.05) is 21.5 Å². The molecule has 3 aromatic carbocycles. The molecule has 4 rings (SSSR count). The number of para-hydroxylation sites is 1. The van der Waals surface area contributed by atoms with Gasteiger partial charge >= 0.3 is 5.97 Å². The van der Waals surface area contributed by atoms with Crippen LogP contribution < -0.4 is 4.74 Å². The van der Waals surface area contributed by atoms with Crippen LogP contribution in [0.1, 0.15) is 27.6 Å². The number of rotatable bonds is 4. The number of carbonyl (C=O) groups is 2. The van der Waals surface area contributed by atoms with E-state index < -0.39 is 5.97 Å². The molecule has 0 saturated heterocycles. The van der Waals surface area contributed by atoms with Crippen molar-refractivity contribution in [1.29, 1.82) is 0 Å². The topological polar surface area (TPSA) is 56.3 Å². The Kier molecular flexibility index (Phi) is 5.10. The molecule has 0 aliphatic heterocycles. The molecule has 0 amide bonds. The first-order chi connectivity index (χ1) is 14.0. The fourth-order valence-electron chi connectivity index (χ4n) is 3.03. The molecule has 5 heteroatoms. The molecule has 0 unspecified atom stereocenters. The summed E-state index contributed by atoms with van der Waals surface area (Å²) >= 11 is 5.98. The summed E-state index contributed by atoms with van der Waals surface area (Å²) in [4.78, 5) is 29.0. The number of ether oxygens (including phenoxy) is 1. The van der Waals surface area contributed by atoms with Crippen molar-refractivity contribution in [2.45, 2.75) is 6.92 Å². The third kappa shape index (κ3) is 4.03. The lowest BCUT2D eigenvalue weighted by atomic mass is 10.0. The Morgan fingerprint density at radius 2 is 1.59 bits per heavy atom. The summed E-state index contributed by atoms with van der Waals surface area (Å²) in [6, 6.07) is 22.9. The number of Topliss-reactive ketones (excluding diaryl/α,β-unsaturated/α-hetero) is 1. The Hall–Kier alpha value is -3.50. The van der Waals surface area contributed by atoms with Crippen LogP contribution in [0.15, 0.2) is 78.9 Å². The number of ketones is 1. The minimum Gasteiger partial charge on any atom is -0.423 e. The molecule has 4 nitrogen and oxygen atoms in total. The molecule has 1 aromatic heterocycles. The molecule has 0 aliphatic rings. The van der Waals surface area contributed by atoms with Gasteiger partial charge in [0.2, 0.25) is 0 Å². The van der Waals surface area contributed by atoms with Crippen molar-refractivity contribution >= 4 is 34.3 Å². The molecule has 4 aromatic rings. The maximum absolute atomic E-state index is 12.9. The quantitative estimate of drug-likeness (QED) is 0.240. The van der Waals surface area contributed by atoms with Gasteiger partial charge in [-0.25, -0.2) is 9.78 Å². The summed E-state index contributed by atoms with van der Waals surface area (Å²) in [6.07, 6.45) is 0. The molecule has 0 N–H and O–H groups in total. The van der Waals surface area contributed by atoms with E-state index in [9.17, 15) is 9.59 Å². The first kappa shape index (κ1) is 18.8. The second kappa shape index (κ2) is 7.86. The zero-order valence-corrected chi connectivity index (χ0v) is 16.3. The van der Waals surface area contributed by atoms with Crippen molar-refractivity contribution in [3.63, 3.8) is 0 Å². The molecule has 0 atom stereocenters. The highest BCUT2D eigenvalue weighted by Crippen LogP contribution is 2.27. The summed E-state index contributed by atoms with van der Waals surface area (Å²) in [5.41, 5.74) is 3.17. The third-order valence-corrected chi connectivity index (χ3v) is 4.80.